The zero-order valence-electron chi connectivity index (χ0n) is 13.6. The molecule has 8 heteroatoms. The molecular formula is C17H15N5OS2. The number of hydrogen-bond acceptors (Lipinski definition) is 6. The number of hydrogen-bond donors (Lipinski definition) is 2. The maximum atomic E-state index is 11.6. The number of amides is 1. The molecule has 2 N–H and O–H groups in total. The lowest BCUT2D eigenvalue weighted by atomic mass is 10.3. The van der Waals surface area contributed by atoms with Crippen molar-refractivity contribution in [2.75, 3.05) is 12.4 Å². The van der Waals surface area contributed by atoms with Gasteiger partial charge in [0, 0.05) is 19.4 Å². The Morgan fingerprint density at radius 3 is 2.92 bits per heavy atom. The van der Waals surface area contributed by atoms with E-state index in [1.807, 2.05) is 43.6 Å². The molecule has 126 valence electrons. The number of thiazole rings is 1. The summed E-state index contributed by atoms with van der Waals surface area (Å²) < 4.78 is 2.07. The summed E-state index contributed by atoms with van der Waals surface area (Å²) in [6.45, 7) is 2.00. The van der Waals surface area contributed by atoms with Crippen LogP contribution in [-0.2, 0) is 0 Å². The highest BCUT2D eigenvalue weighted by molar-refractivity contribution is 7.20. The third-order valence-corrected chi connectivity index (χ3v) is 5.65. The highest BCUT2D eigenvalue weighted by Gasteiger charge is 2.14. The number of anilines is 2. The van der Waals surface area contributed by atoms with E-state index in [9.17, 15) is 4.79 Å². The van der Waals surface area contributed by atoms with Crippen LogP contribution in [0.3, 0.4) is 0 Å². The average Bonchev–Trinajstić information content (AvgIpc) is 3.32. The van der Waals surface area contributed by atoms with E-state index < -0.39 is 0 Å². The summed E-state index contributed by atoms with van der Waals surface area (Å²) >= 11 is 2.96. The number of pyridine rings is 1. The summed E-state index contributed by atoms with van der Waals surface area (Å²) in [5, 5.41) is 7.56. The number of aryl methyl sites for hydroxylation is 1. The molecular weight excluding hydrogens is 354 g/mol. The van der Waals surface area contributed by atoms with Crippen molar-refractivity contribution in [1.82, 2.24) is 19.7 Å². The van der Waals surface area contributed by atoms with Crippen molar-refractivity contribution in [3.05, 3.63) is 53.3 Å². The fourth-order valence-electron chi connectivity index (χ4n) is 2.61. The van der Waals surface area contributed by atoms with E-state index in [0.717, 1.165) is 32.0 Å². The summed E-state index contributed by atoms with van der Waals surface area (Å²) in [6.07, 6.45) is 3.86. The van der Waals surface area contributed by atoms with Gasteiger partial charge >= 0.3 is 0 Å². The second-order valence-electron chi connectivity index (χ2n) is 5.37. The molecule has 0 unspecified atom stereocenters. The Kier molecular flexibility index (Phi) is 3.98. The Hall–Kier alpha value is -2.71. The monoisotopic (exact) mass is 369 g/mol. The van der Waals surface area contributed by atoms with Crippen molar-refractivity contribution >= 4 is 44.4 Å². The van der Waals surface area contributed by atoms with Crippen LogP contribution in [0, 0.1) is 6.92 Å². The quantitative estimate of drug-likeness (QED) is 0.572. The third-order valence-electron chi connectivity index (χ3n) is 3.73. The van der Waals surface area contributed by atoms with Gasteiger partial charge in [-0.05, 0) is 31.2 Å². The van der Waals surface area contributed by atoms with E-state index in [4.69, 9.17) is 0 Å². The molecule has 4 heterocycles. The largest absolute Gasteiger partial charge is 0.354 e. The first-order valence-corrected chi connectivity index (χ1v) is 9.28. The molecule has 0 saturated carbocycles. The van der Waals surface area contributed by atoms with Gasteiger partial charge in [0.25, 0.3) is 5.91 Å². The molecule has 4 rings (SSSR count). The van der Waals surface area contributed by atoms with Gasteiger partial charge in [0.15, 0.2) is 5.13 Å². The van der Waals surface area contributed by atoms with Gasteiger partial charge in [-0.1, -0.05) is 17.4 Å². The fraction of sp³-hybridized carbons (Fsp3) is 0.118. The van der Waals surface area contributed by atoms with Crippen molar-refractivity contribution in [2.45, 2.75) is 6.92 Å². The zero-order valence-corrected chi connectivity index (χ0v) is 15.2. The molecule has 0 spiro atoms. The Bertz CT molecular complexity index is 1060. The lowest BCUT2D eigenvalue weighted by Crippen LogP contribution is -2.15. The molecule has 25 heavy (non-hydrogen) atoms. The summed E-state index contributed by atoms with van der Waals surface area (Å²) in [4.78, 5) is 22.4. The second kappa shape index (κ2) is 6.30. The number of rotatable bonds is 4. The lowest BCUT2D eigenvalue weighted by Gasteiger charge is -1.99. The molecule has 4 aromatic heterocycles. The number of carbonyl (C=O) groups excluding carboxylic acids is 1. The molecule has 1 amide bonds. The van der Waals surface area contributed by atoms with Crippen molar-refractivity contribution in [3.63, 3.8) is 0 Å². The van der Waals surface area contributed by atoms with Crippen LogP contribution in [0.4, 0.5) is 10.1 Å². The standard InChI is InChI=1S/C17H15N5OS2/c1-10-15(22-8-4-3-5-13(22)20-10)12-9-19-17(25-12)21-14-7-6-11(24-14)16(23)18-2/h3-9H,1-2H3,(H,18,23)(H,19,21). The Balaban J connectivity index is 1.63. The molecule has 0 radical (unpaired) electrons. The van der Waals surface area contributed by atoms with Gasteiger partial charge in [-0.25, -0.2) is 9.97 Å². The molecule has 0 aliphatic carbocycles. The van der Waals surface area contributed by atoms with Gasteiger partial charge in [-0.3, -0.25) is 9.20 Å². The predicted molar refractivity (Wildman–Crippen MR) is 102 cm³/mol. The fourth-order valence-corrected chi connectivity index (χ4v) is 4.45. The molecule has 0 saturated heterocycles. The second-order valence-corrected chi connectivity index (χ2v) is 7.49. The van der Waals surface area contributed by atoms with Gasteiger partial charge in [-0.15, -0.1) is 11.3 Å². The summed E-state index contributed by atoms with van der Waals surface area (Å²) in [5.41, 5.74) is 2.95. The van der Waals surface area contributed by atoms with E-state index in [-0.39, 0.29) is 5.91 Å². The molecule has 0 aliphatic rings. The molecule has 0 fully saturated rings. The molecule has 0 aliphatic heterocycles. The van der Waals surface area contributed by atoms with Crippen LogP contribution >= 0.6 is 22.7 Å². The van der Waals surface area contributed by atoms with Crippen LogP contribution in [0.5, 0.6) is 0 Å². The van der Waals surface area contributed by atoms with E-state index in [2.05, 4.69) is 25.0 Å². The van der Waals surface area contributed by atoms with Gasteiger partial charge in [-0.2, -0.15) is 0 Å². The zero-order chi connectivity index (χ0) is 17.4. The first-order valence-electron chi connectivity index (χ1n) is 7.64. The maximum absolute atomic E-state index is 11.6. The molecule has 0 bridgehead atoms. The normalized spacial score (nSPS) is 11.0. The number of carbonyl (C=O) groups is 1. The number of nitrogens with zero attached hydrogens (tertiary/aromatic N) is 3. The van der Waals surface area contributed by atoms with Gasteiger partial charge < -0.3 is 10.6 Å². The minimum Gasteiger partial charge on any atom is -0.354 e. The summed E-state index contributed by atoms with van der Waals surface area (Å²) in [6, 6.07) is 9.64. The third kappa shape index (κ3) is 2.90. The van der Waals surface area contributed by atoms with Crippen LogP contribution in [0.15, 0.2) is 42.7 Å². The summed E-state index contributed by atoms with van der Waals surface area (Å²) in [5.74, 6) is -0.0840. The topological polar surface area (TPSA) is 71.3 Å². The van der Waals surface area contributed by atoms with E-state index in [1.165, 1.54) is 11.3 Å². The Morgan fingerprint density at radius 2 is 2.08 bits per heavy atom. The Labute approximate surface area is 152 Å². The van der Waals surface area contributed by atoms with Crippen LogP contribution in [0.25, 0.3) is 16.2 Å². The van der Waals surface area contributed by atoms with Crippen LogP contribution in [-0.4, -0.2) is 27.3 Å². The number of thiophene rings is 1. The molecule has 4 aromatic rings. The summed E-state index contributed by atoms with van der Waals surface area (Å²) in [7, 11) is 1.63. The first kappa shape index (κ1) is 15.8. The van der Waals surface area contributed by atoms with E-state index >= 15 is 0 Å². The lowest BCUT2D eigenvalue weighted by molar-refractivity contribution is 0.0967. The van der Waals surface area contributed by atoms with Crippen molar-refractivity contribution in [3.8, 4) is 10.6 Å². The average molecular weight is 369 g/mol. The molecule has 0 atom stereocenters. The minimum absolute atomic E-state index is 0.0840. The van der Waals surface area contributed by atoms with Gasteiger partial charge in [0.1, 0.15) is 5.65 Å². The highest BCUT2D eigenvalue weighted by Crippen LogP contribution is 2.34. The number of fused-ring (bicyclic) bond motifs is 1. The first-order chi connectivity index (χ1) is 12.2. The van der Waals surface area contributed by atoms with E-state index in [0.29, 0.717) is 4.88 Å². The van der Waals surface area contributed by atoms with Gasteiger partial charge in [0.2, 0.25) is 0 Å². The van der Waals surface area contributed by atoms with Crippen LogP contribution < -0.4 is 10.6 Å². The number of aromatic nitrogens is 3. The van der Waals surface area contributed by atoms with E-state index in [1.54, 1.807) is 24.5 Å². The number of nitrogens with one attached hydrogen (secondary N) is 2. The molecule has 6 nitrogen and oxygen atoms in total. The SMILES string of the molecule is CNC(=O)c1ccc(Nc2ncc(-c3c(C)nc4ccccn34)s2)s1. The van der Waals surface area contributed by atoms with Crippen molar-refractivity contribution < 1.29 is 4.79 Å². The smallest absolute Gasteiger partial charge is 0.261 e. The highest BCUT2D eigenvalue weighted by atomic mass is 32.1. The minimum atomic E-state index is -0.0840. The molecule has 0 aromatic carbocycles. The Morgan fingerprint density at radius 1 is 1.20 bits per heavy atom. The van der Waals surface area contributed by atoms with Crippen molar-refractivity contribution in [1.29, 1.82) is 0 Å². The predicted octanol–water partition coefficient (Wildman–Crippen LogP) is 3.93. The van der Waals surface area contributed by atoms with Crippen LogP contribution in [0.2, 0.25) is 0 Å². The van der Waals surface area contributed by atoms with Gasteiger partial charge in [0.05, 0.1) is 26.1 Å². The maximum Gasteiger partial charge on any atom is 0.261 e. The van der Waals surface area contributed by atoms with Crippen molar-refractivity contribution in [2.24, 2.45) is 0 Å². The van der Waals surface area contributed by atoms with Crippen LogP contribution in [0.1, 0.15) is 15.4 Å². The number of imidazole rings is 1.